The molecule has 1 aliphatic heterocycles. The van der Waals surface area contributed by atoms with Crippen molar-refractivity contribution in [3.63, 3.8) is 0 Å². The molecule has 3 aromatic carbocycles. The lowest BCUT2D eigenvalue weighted by molar-refractivity contribution is 0.174. The third-order valence-electron chi connectivity index (χ3n) is 5.15. The molecular weight excluding hydrogens is 558 g/mol. The molecule has 0 bridgehead atoms. The number of nitrogens with two attached hydrogens (primary N) is 1. The van der Waals surface area contributed by atoms with Crippen LogP contribution in [0, 0.1) is 0 Å². The van der Waals surface area contributed by atoms with Crippen molar-refractivity contribution in [2.75, 3.05) is 6.79 Å². The highest BCUT2D eigenvalue weighted by atomic mass is 35.5. The largest absolute Gasteiger partial charge is 0.454 e. The number of hydrogen-bond donors (Lipinski definition) is 3. The Morgan fingerprint density at radius 3 is 2.65 bits per heavy atom. The van der Waals surface area contributed by atoms with E-state index >= 15 is 0 Å². The fourth-order valence-corrected chi connectivity index (χ4v) is 7.06. The van der Waals surface area contributed by atoms with Crippen LogP contribution in [0.15, 0.2) is 74.9 Å². The molecule has 0 saturated carbocycles. The highest BCUT2D eigenvalue weighted by Crippen LogP contribution is 2.41. The number of sulfonamides is 1. The van der Waals surface area contributed by atoms with Crippen LogP contribution in [0.3, 0.4) is 0 Å². The molecule has 4 aromatic rings. The minimum absolute atomic E-state index is 0.146. The van der Waals surface area contributed by atoms with Gasteiger partial charge in [-0.3, -0.25) is 5.21 Å². The van der Waals surface area contributed by atoms with Crippen molar-refractivity contribution in [1.29, 1.82) is 0 Å². The maximum atomic E-state index is 13.2. The van der Waals surface area contributed by atoms with Crippen LogP contribution < -0.4 is 20.7 Å². The topological polar surface area (TPSA) is 149 Å². The first-order valence-electron chi connectivity index (χ1n) is 10.6. The van der Waals surface area contributed by atoms with E-state index in [-0.39, 0.29) is 11.7 Å². The van der Waals surface area contributed by atoms with Crippen LogP contribution in [0.25, 0.3) is 21.1 Å². The van der Waals surface area contributed by atoms with E-state index in [0.717, 1.165) is 11.1 Å². The fourth-order valence-electron chi connectivity index (χ4n) is 3.43. The molecule has 10 nitrogen and oxygen atoms in total. The van der Waals surface area contributed by atoms with Gasteiger partial charge in [-0.2, -0.15) is 8.42 Å². The summed E-state index contributed by atoms with van der Waals surface area (Å²) in [7, 11) is -4.34. The molecule has 14 heteroatoms. The minimum atomic E-state index is -4.34. The van der Waals surface area contributed by atoms with Crippen LogP contribution in [0.5, 0.6) is 11.5 Å². The molecule has 0 saturated heterocycles. The number of halogens is 1. The van der Waals surface area contributed by atoms with E-state index < -0.39 is 16.0 Å². The van der Waals surface area contributed by atoms with Gasteiger partial charge in [0.05, 0.1) is 5.02 Å². The second-order valence-corrected chi connectivity index (χ2v) is 11.6. The van der Waals surface area contributed by atoms with Gasteiger partial charge in [0, 0.05) is 21.8 Å². The highest BCUT2D eigenvalue weighted by Gasteiger charge is 2.24. The number of ether oxygens (including phenoxy) is 2. The molecular formula is C23H18ClN5O5S3. The Kier molecular flexibility index (Phi) is 7.22. The second-order valence-electron chi connectivity index (χ2n) is 7.60. The second kappa shape index (κ2) is 10.6. The summed E-state index contributed by atoms with van der Waals surface area (Å²) in [6, 6.07) is 17.9. The predicted molar refractivity (Wildman–Crippen MR) is 142 cm³/mol. The third-order valence-corrected chi connectivity index (χ3v) is 9.06. The van der Waals surface area contributed by atoms with E-state index in [9.17, 15) is 8.42 Å². The maximum absolute atomic E-state index is 13.2. The number of nitrogens with zero attached hydrogens (tertiary/aromatic N) is 3. The molecule has 1 aliphatic rings. The van der Waals surface area contributed by atoms with Gasteiger partial charge in [-0.25, -0.2) is 5.48 Å². The van der Waals surface area contributed by atoms with Crippen molar-refractivity contribution in [1.82, 2.24) is 15.7 Å². The Bertz CT molecular complexity index is 1600. The lowest BCUT2D eigenvalue weighted by Crippen LogP contribution is -2.29. The van der Waals surface area contributed by atoms with Crippen molar-refractivity contribution in [2.24, 2.45) is 10.1 Å². The Hall–Kier alpha value is -3.36. The van der Waals surface area contributed by atoms with Crippen molar-refractivity contribution < 1.29 is 23.1 Å². The fraction of sp³-hybridized carbons (Fsp3) is 0.0870. The molecule has 0 atom stereocenters. The first-order valence-corrected chi connectivity index (χ1v) is 14.2. The van der Waals surface area contributed by atoms with Crippen molar-refractivity contribution in [2.45, 2.75) is 15.5 Å². The number of aromatic nitrogens is 2. The summed E-state index contributed by atoms with van der Waals surface area (Å²) in [5.41, 5.74) is 9.11. The van der Waals surface area contributed by atoms with Gasteiger partial charge in [0.25, 0.3) is 10.0 Å². The van der Waals surface area contributed by atoms with Crippen LogP contribution in [0.4, 0.5) is 0 Å². The molecule has 0 radical (unpaired) electrons. The summed E-state index contributed by atoms with van der Waals surface area (Å²) in [6.45, 7) is 0.154. The predicted octanol–water partition coefficient (Wildman–Crippen LogP) is 4.53. The first-order chi connectivity index (χ1) is 17.8. The van der Waals surface area contributed by atoms with E-state index in [1.54, 1.807) is 17.6 Å². The van der Waals surface area contributed by atoms with Crippen LogP contribution >= 0.6 is 34.7 Å². The molecule has 0 fully saturated rings. The molecule has 0 amide bonds. The van der Waals surface area contributed by atoms with Gasteiger partial charge in [0.15, 0.2) is 11.5 Å². The summed E-state index contributed by atoms with van der Waals surface area (Å²) < 4.78 is 40.5. The van der Waals surface area contributed by atoms with E-state index in [1.807, 2.05) is 42.5 Å². The molecule has 2 heterocycles. The molecule has 190 valence electrons. The quantitative estimate of drug-likeness (QED) is 0.124. The molecule has 37 heavy (non-hydrogen) atoms. The first kappa shape index (κ1) is 25.3. The zero-order valence-electron chi connectivity index (χ0n) is 18.8. The molecule has 0 aliphatic carbocycles. The zero-order valence-corrected chi connectivity index (χ0v) is 22.0. The Balaban J connectivity index is 1.53. The number of guanidine groups is 1. The number of nitrogens with one attached hydrogen (secondary N) is 1. The van der Waals surface area contributed by atoms with Gasteiger partial charge >= 0.3 is 0 Å². The SMILES string of the molecule is N/C(=N\S(=O)(=O)c1cc(-c2nnc(-c3ccccc3)s2)c(Cl)cc1SCc1ccc2c(c1)OCO2)NO. The standard InChI is InChI=1S/C23H18ClN5O5S3/c24-16-10-19(35-11-13-6-7-17-18(8-13)34-12-33-17)20(37(31,32)29-23(25)28-30)9-15(16)22-27-26-21(36-22)14-4-2-1-3-5-14/h1-10,30H,11-12H2,(H3,25,28,29). The average molecular weight is 576 g/mol. The number of hydroxylamine groups is 1. The monoisotopic (exact) mass is 575 g/mol. The van der Waals surface area contributed by atoms with Gasteiger partial charge in [-0.15, -0.1) is 26.4 Å². The van der Waals surface area contributed by atoms with E-state index in [2.05, 4.69) is 14.6 Å². The van der Waals surface area contributed by atoms with Crippen molar-refractivity contribution in [3.05, 3.63) is 71.2 Å². The van der Waals surface area contributed by atoms with Crippen LogP contribution in [0.2, 0.25) is 5.02 Å². The number of benzene rings is 3. The lowest BCUT2D eigenvalue weighted by atomic mass is 10.2. The minimum Gasteiger partial charge on any atom is -0.454 e. The Morgan fingerprint density at radius 2 is 1.86 bits per heavy atom. The zero-order chi connectivity index (χ0) is 26.0. The van der Waals surface area contributed by atoms with Crippen molar-refractivity contribution >= 4 is 50.7 Å². The molecule has 4 N–H and O–H groups in total. The van der Waals surface area contributed by atoms with E-state index in [0.29, 0.717) is 42.7 Å². The van der Waals surface area contributed by atoms with Gasteiger partial charge in [-0.1, -0.05) is 59.3 Å². The van der Waals surface area contributed by atoms with Crippen LogP contribution in [-0.4, -0.2) is 36.6 Å². The summed E-state index contributed by atoms with van der Waals surface area (Å²) >= 11 is 9.13. The smallest absolute Gasteiger partial charge is 0.286 e. The number of thioether (sulfide) groups is 1. The lowest BCUT2D eigenvalue weighted by Gasteiger charge is -2.12. The summed E-state index contributed by atoms with van der Waals surface area (Å²) in [6.07, 6.45) is 0. The molecule has 0 unspecified atom stereocenters. The van der Waals surface area contributed by atoms with Crippen LogP contribution in [0.1, 0.15) is 5.56 Å². The summed E-state index contributed by atoms with van der Waals surface area (Å²) in [4.78, 5) is 0.195. The van der Waals surface area contributed by atoms with Gasteiger partial charge in [-0.05, 0) is 29.8 Å². The molecule has 0 spiro atoms. The van der Waals surface area contributed by atoms with Crippen LogP contribution in [-0.2, 0) is 15.8 Å². The van der Waals surface area contributed by atoms with Gasteiger partial charge in [0.1, 0.15) is 14.9 Å². The van der Waals surface area contributed by atoms with E-state index in [4.69, 9.17) is 32.0 Å². The normalized spacial score (nSPS) is 13.1. The van der Waals surface area contributed by atoms with Gasteiger partial charge < -0.3 is 15.2 Å². The maximum Gasteiger partial charge on any atom is 0.286 e. The number of fused-ring (bicyclic) bond motifs is 1. The third kappa shape index (κ3) is 5.50. The molecule has 5 rings (SSSR count). The molecule has 1 aromatic heterocycles. The van der Waals surface area contributed by atoms with Crippen molar-refractivity contribution in [3.8, 4) is 32.6 Å². The summed E-state index contributed by atoms with van der Waals surface area (Å²) in [5.74, 6) is 1.00. The van der Waals surface area contributed by atoms with Gasteiger partial charge in [0.2, 0.25) is 12.8 Å². The van der Waals surface area contributed by atoms with E-state index in [1.165, 1.54) is 29.2 Å². The average Bonchev–Trinajstić information content (AvgIpc) is 3.57. The Morgan fingerprint density at radius 1 is 1.11 bits per heavy atom. The number of rotatable bonds is 7. The summed E-state index contributed by atoms with van der Waals surface area (Å²) in [5, 5.41) is 18.8. The Labute approximate surface area is 225 Å². The number of hydrogen-bond acceptors (Lipinski definition) is 9. The highest BCUT2D eigenvalue weighted by molar-refractivity contribution is 7.99.